The Morgan fingerprint density at radius 3 is 2.90 bits per heavy atom. The molecule has 30 heavy (non-hydrogen) atoms. The van der Waals surface area contributed by atoms with Gasteiger partial charge in [-0.1, -0.05) is 18.2 Å². The molecule has 2 aromatic heterocycles. The number of aromatic nitrogens is 4. The monoisotopic (exact) mass is 405 g/mol. The van der Waals surface area contributed by atoms with Crippen LogP contribution < -0.4 is 15.2 Å². The Kier molecular flexibility index (Phi) is 4.71. The van der Waals surface area contributed by atoms with E-state index in [0.29, 0.717) is 43.6 Å². The zero-order valence-corrected chi connectivity index (χ0v) is 16.8. The summed E-state index contributed by atoms with van der Waals surface area (Å²) in [6, 6.07) is 11.3. The Morgan fingerprint density at radius 1 is 1.13 bits per heavy atom. The number of hydrogen-bond acceptors (Lipinski definition) is 7. The largest absolute Gasteiger partial charge is 0.493 e. The zero-order chi connectivity index (χ0) is 20.6. The fourth-order valence-electron chi connectivity index (χ4n) is 4.30. The molecule has 154 valence electrons. The summed E-state index contributed by atoms with van der Waals surface area (Å²) >= 11 is 0. The molecule has 8 heteroatoms. The molecular formula is C22H23N5O3. The molecule has 1 saturated heterocycles. The van der Waals surface area contributed by atoms with E-state index in [2.05, 4.69) is 20.9 Å². The zero-order valence-electron chi connectivity index (χ0n) is 16.8. The summed E-state index contributed by atoms with van der Waals surface area (Å²) in [6.45, 7) is 2.46. The van der Waals surface area contributed by atoms with Gasteiger partial charge in [0, 0.05) is 31.4 Å². The Balaban J connectivity index is 1.56. The van der Waals surface area contributed by atoms with Gasteiger partial charge in [0.1, 0.15) is 17.7 Å². The molecule has 0 radical (unpaired) electrons. The topological polar surface area (TPSA) is 82.4 Å². The highest BCUT2D eigenvalue weighted by atomic mass is 16.5. The highest BCUT2D eigenvalue weighted by Crippen LogP contribution is 2.42. The number of benzene rings is 1. The van der Waals surface area contributed by atoms with Crippen molar-refractivity contribution >= 4 is 5.95 Å². The van der Waals surface area contributed by atoms with Crippen molar-refractivity contribution in [1.82, 2.24) is 19.5 Å². The van der Waals surface area contributed by atoms with Crippen molar-refractivity contribution in [3.05, 3.63) is 64.8 Å². The normalized spacial score (nSPS) is 21.0. The lowest BCUT2D eigenvalue weighted by molar-refractivity contribution is -0.0666. The second-order valence-corrected chi connectivity index (χ2v) is 7.65. The molecule has 0 N–H and O–H groups in total. The Morgan fingerprint density at radius 2 is 2.03 bits per heavy atom. The standard InChI is InChI=1S/C22H23N5O3/c1-26-20(28)13-18(17-7-9-23-15-24-17)25-21(26)27-10-12-30-22(14-27)8-4-11-29-19-6-3-2-5-16(19)22/h2-3,5-7,9,13,15H,4,8,10-12,14H2,1H3. The summed E-state index contributed by atoms with van der Waals surface area (Å²) in [5, 5.41) is 0. The minimum atomic E-state index is -0.492. The van der Waals surface area contributed by atoms with Crippen molar-refractivity contribution in [3.8, 4) is 17.1 Å². The summed E-state index contributed by atoms with van der Waals surface area (Å²) in [5.74, 6) is 1.48. The van der Waals surface area contributed by atoms with Gasteiger partial charge in [-0.25, -0.2) is 15.0 Å². The van der Waals surface area contributed by atoms with Crippen molar-refractivity contribution in [2.45, 2.75) is 18.4 Å². The molecule has 3 aromatic rings. The SMILES string of the molecule is Cn1c(N2CCOC3(CCCOc4ccccc43)C2)nc(-c2ccncn2)cc1=O. The van der Waals surface area contributed by atoms with Crippen molar-refractivity contribution in [1.29, 1.82) is 0 Å². The van der Waals surface area contributed by atoms with E-state index >= 15 is 0 Å². The number of rotatable bonds is 2. The molecule has 0 aliphatic carbocycles. The highest BCUT2D eigenvalue weighted by Gasteiger charge is 2.42. The third-order valence-corrected chi connectivity index (χ3v) is 5.78. The highest BCUT2D eigenvalue weighted by molar-refractivity contribution is 5.55. The van der Waals surface area contributed by atoms with Crippen LogP contribution >= 0.6 is 0 Å². The second kappa shape index (κ2) is 7.53. The van der Waals surface area contributed by atoms with Crippen LogP contribution in [0.15, 0.2) is 53.7 Å². The molecule has 0 saturated carbocycles. The predicted octanol–water partition coefficient (Wildman–Crippen LogP) is 2.14. The lowest BCUT2D eigenvalue weighted by Gasteiger charge is -2.43. The van der Waals surface area contributed by atoms with E-state index < -0.39 is 5.60 Å². The first-order valence-corrected chi connectivity index (χ1v) is 10.1. The van der Waals surface area contributed by atoms with E-state index in [-0.39, 0.29) is 5.56 Å². The molecule has 1 aromatic carbocycles. The maximum atomic E-state index is 12.7. The van der Waals surface area contributed by atoms with E-state index in [1.807, 2.05) is 18.2 Å². The molecule has 1 unspecified atom stereocenters. The van der Waals surface area contributed by atoms with Gasteiger partial charge in [-0.2, -0.15) is 0 Å². The lowest BCUT2D eigenvalue weighted by atomic mass is 9.87. The van der Waals surface area contributed by atoms with E-state index in [1.165, 1.54) is 12.4 Å². The van der Waals surface area contributed by atoms with Crippen LogP contribution in [0, 0.1) is 0 Å². The fourth-order valence-corrected chi connectivity index (χ4v) is 4.30. The number of nitrogens with zero attached hydrogens (tertiary/aromatic N) is 5. The Bertz CT molecular complexity index is 1120. The van der Waals surface area contributed by atoms with Crippen LogP contribution in [-0.2, 0) is 17.4 Å². The fraction of sp³-hybridized carbons (Fsp3) is 0.364. The van der Waals surface area contributed by atoms with Crippen LogP contribution in [0.5, 0.6) is 5.75 Å². The molecule has 1 fully saturated rings. The number of fused-ring (bicyclic) bond motifs is 2. The average Bonchev–Trinajstić information content (AvgIpc) is 2.96. The second-order valence-electron chi connectivity index (χ2n) is 7.65. The van der Waals surface area contributed by atoms with E-state index in [0.717, 1.165) is 24.2 Å². The molecule has 0 bridgehead atoms. The lowest BCUT2D eigenvalue weighted by Crippen LogP contribution is -2.51. The average molecular weight is 405 g/mol. The van der Waals surface area contributed by atoms with Gasteiger partial charge in [-0.3, -0.25) is 9.36 Å². The summed E-state index contributed by atoms with van der Waals surface area (Å²) in [4.78, 5) is 27.8. The molecule has 1 atom stereocenters. The van der Waals surface area contributed by atoms with Crippen molar-refractivity contribution in [3.63, 3.8) is 0 Å². The first kappa shape index (κ1) is 18.7. The van der Waals surface area contributed by atoms with E-state index in [4.69, 9.17) is 14.5 Å². The number of ether oxygens (including phenoxy) is 2. The summed E-state index contributed by atoms with van der Waals surface area (Å²) in [6.07, 6.45) is 4.85. The molecule has 0 amide bonds. The summed E-state index contributed by atoms with van der Waals surface area (Å²) in [5.41, 5.74) is 1.61. The van der Waals surface area contributed by atoms with Crippen molar-refractivity contribution < 1.29 is 9.47 Å². The smallest absolute Gasteiger partial charge is 0.255 e. The van der Waals surface area contributed by atoms with Crippen molar-refractivity contribution in [2.75, 3.05) is 31.2 Å². The van der Waals surface area contributed by atoms with Gasteiger partial charge in [0.2, 0.25) is 5.95 Å². The Hall–Kier alpha value is -3.26. The molecule has 2 aliphatic heterocycles. The maximum absolute atomic E-state index is 12.7. The Labute approximate surface area is 174 Å². The van der Waals surface area contributed by atoms with E-state index in [1.54, 1.807) is 23.9 Å². The molecule has 8 nitrogen and oxygen atoms in total. The van der Waals surface area contributed by atoms with Crippen LogP contribution in [0.3, 0.4) is 0 Å². The van der Waals surface area contributed by atoms with Gasteiger partial charge in [0.15, 0.2) is 0 Å². The molecule has 2 aliphatic rings. The van der Waals surface area contributed by atoms with Crippen LogP contribution in [0.1, 0.15) is 18.4 Å². The summed E-state index contributed by atoms with van der Waals surface area (Å²) in [7, 11) is 1.75. The third kappa shape index (κ3) is 3.23. The first-order valence-electron chi connectivity index (χ1n) is 10.1. The minimum Gasteiger partial charge on any atom is -0.493 e. The van der Waals surface area contributed by atoms with Crippen molar-refractivity contribution in [2.24, 2.45) is 7.05 Å². The molecular weight excluding hydrogens is 382 g/mol. The number of anilines is 1. The maximum Gasteiger partial charge on any atom is 0.255 e. The quantitative estimate of drug-likeness (QED) is 0.646. The van der Waals surface area contributed by atoms with Crippen LogP contribution in [0.4, 0.5) is 5.95 Å². The van der Waals surface area contributed by atoms with Gasteiger partial charge < -0.3 is 14.4 Å². The van der Waals surface area contributed by atoms with Gasteiger partial charge in [0.05, 0.1) is 31.1 Å². The number of para-hydroxylation sites is 1. The molecule has 4 heterocycles. The van der Waals surface area contributed by atoms with Gasteiger partial charge in [-0.15, -0.1) is 0 Å². The number of morpholine rings is 1. The molecule has 1 spiro atoms. The van der Waals surface area contributed by atoms with Gasteiger partial charge in [-0.05, 0) is 25.0 Å². The van der Waals surface area contributed by atoms with Gasteiger partial charge in [0.25, 0.3) is 5.56 Å². The van der Waals surface area contributed by atoms with Crippen LogP contribution in [0.2, 0.25) is 0 Å². The van der Waals surface area contributed by atoms with E-state index in [9.17, 15) is 4.79 Å². The molecule has 5 rings (SSSR count). The third-order valence-electron chi connectivity index (χ3n) is 5.78. The number of hydrogen-bond donors (Lipinski definition) is 0. The minimum absolute atomic E-state index is 0.126. The van der Waals surface area contributed by atoms with Gasteiger partial charge >= 0.3 is 0 Å². The van der Waals surface area contributed by atoms with Crippen LogP contribution in [-0.4, -0.2) is 45.8 Å². The first-order chi connectivity index (χ1) is 14.7. The van der Waals surface area contributed by atoms with Crippen LogP contribution in [0.25, 0.3) is 11.4 Å². The predicted molar refractivity (Wildman–Crippen MR) is 112 cm³/mol. The summed E-state index contributed by atoms with van der Waals surface area (Å²) < 4.78 is 13.9.